The van der Waals surface area contributed by atoms with Gasteiger partial charge < -0.3 is 4.31 Å². The highest BCUT2D eigenvalue weighted by Gasteiger charge is 2.09. The van der Waals surface area contributed by atoms with E-state index in [-0.39, 0.29) is 16.3 Å². The molecule has 0 rings (SSSR count). The molecule has 0 radical (unpaired) electrons. The van der Waals surface area contributed by atoms with Gasteiger partial charge in [-0.1, -0.05) is 27.7 Å². The summed E-state index contributed by atoms with van der Waals surface area (Å²) in [6.45, 7) is 8.92. The second-order valence-electron chi connectivity index (χ2n) is 2.31. The summed E-state index contributed by atoms with van der Waals surface area (Å²) in [6.07, 6.45) is 4.91. The first-order chi connectivity index (χ1) is 5.28. The maximum absolute atomic E-state index is 5.98. The topological polar surface area (TPSA) is 9.23 Å². The molecular weight excluding hydrogens is 174 g/mol. The Kier molecular flexibility index (Phi) is 8.02. The van der Waals surface area contributed by atoms with Crippen LogP contribution < -0.4 is 0 Å². The largest absolute Gasteiger partial charge is 0.338 e. The minimum absolute atomic E-state index is 0.0784. The van der Waals surface area contributed by atoms with E-state index in [0.29, 0.717) is 0 Å². The minimum atomic E-state index is -0.0784. The van der Waals surface area contributed by atoms with Crippen LogP contribution in [0.15, 0.2) is 0 Å². The zero-order chi connectivity index (χ0) is 8.69. The summed E-state index contributed by atoms with van der Waals surface area (Å²) in [5.74, 6) is 0. The molecule has 0 aliphatic rings. The first kappa shape index (κ1) is 11.8. The first-order valence-electron chi connectivity index (χ1n) is 4.46. The van der Waals surface area contributed by atoms with Crippen LogP contribution in [0.3, 0.4) is 0 Å². The normalized spacial score (nSPS) is 11.5. The minimum Gasteiger partial charge on any atom is -0.338 e. The van der Waals surface area contributed by atoms with E-state index in [4.69, 9.17) is 4.31 Å². The van der Waals surface area contributed by atoms with Gasteiger partial charge in [0.25, 0.3) is 0 Å². The van der Waals surface area contributed by atoms with Crippen LogP contribution in [0, 0.1) is 0 Å². The van der Waals surface area contributed by atoms with Crippen molar-refractivity contribution in [3.8, 4) is 0 Å². The highest BCUT2D eigenvalue weighted by Crippen LogP contribution is 2.51. The molecule has 0 aromatic heterocycles. The van der Waals surface area contributed by atoms with Crippen LogP contribution in [0.2, 0.25) is 0 Å². The number of rotatable bonds is 6. The van der Waals surface area contributed by atoms with Crippen LogP contribution in [0.4, 0.5) is 0 Å². The molecule has 0 N–H and O–H groups in total. The molecule has 0 heterocycles. The average Bonchev–Trinajstić information content (AvgIpc) is 2.07. The summed E-state index contributed by atoms with van der Waals surface area (Å²) >= 11 is 0. The highest BCUT2D eigenvalue weighted by molar-refractivity contribution is 7.65. The lowest BCUT2D eigenvalue weighted by Gasteiger charge is -2.20. The van der Waals surface area contributed by atoms with E-state index in [0.717, 1.165) is 0 Å². The maximum atomic E-state index is 5.98. The molecule has 0 aromatic rings. The second-order valence-corrected chi connectivity index (χ2v) is 7.42. The van der Waals surface area contributed by atoms with Crippen molar-refractivity contribution in [1.29, 1.82) is 0 Å². The Labute approximate surface area is 73.6 Å². The molecule has 3 heteroatoms. The van der Waals surface area contributed by atoms with Crippen molar-refractivity contribution in [3.05, 3.63) is 0 Å². The van der Waals surface area contributed by atoms with Gasteiger partial charge in [0.05, 0.1) is 0 Å². The number of hydrogen-bond donors (Lipinski definition) is 0. The standard InChI is InChI=1S/C8H20OP2/c1-5-10(6-2)9-11(7-3)8-4/h5-8H2,1-4H3. The zero-order valence-corrected chi connectivity index (χ0v) is 9.92. The average molecular weight is 194 g/mol. The predicted octanol–water partition coefficient (Wildman–Crippen LogP) is 3.88. The van der Waals surface area contributed by atoms with E-state index in [1.54, 1.807) is 0 Å². The Balaban J connectivity index is 3.58. The molecule has 0 atom stereocenters. The SMILES string of the molecule is CCP(CC)OP(CC)CC. The summed E-state index contributed by atoms with van der Waals surface area (Å²) in [6, 6.07) is 0. The zero-order valence-electron chi connectivity index (χ0n) is 8.13. The van der Waals surface area contributed by atoms with Crippen molar-refractivity contribution in [2.45, 2.75) is 27.7 Å². The van der Waals surface area contributed by atoms with Gasteiger partial charge in [0.1, 0.15) is 0 Å². The molecule has 0 amide bonds. The van der Waals surface area contributed by atoms with Gasteiger partial charge in [0.15, 0.2) is 0 Å². The molecule has 68 valence electrons. The van der Waals surface area contributed by atoms with Gasteiger partial charge in [-0.3, -0.25) is 0 Å². The monoisotopic (exact) mass is 194 g/mol. The third-order valence-electron chi connectivity index (χ3n) is 1.64. The van der Waals surface area contributed by atoms with E-state index in [1.165, 1.54) is 24.6 Å². The van der Waals surface area contributed by atoms with E-state index < -0.39 is 0 Å². The summed E-state index contributed by atoms with van der Waals surface area (Å²) in [5, 5.41) is 0. The van der Waals surface area contributed by atoms with Crippen LogP contribution >= 0.6 is 16.3 Å². The Hall–Kier alpha value is 0.820. The second kappa shape index (κ2) is 7.47. The molecule has 11 heavy (non-hydrogen) atoms. The molecule has 1 nitrogen and oxygen atoms in total. The molecule has 0 fully saturated rings. The molecule has 0 saturated heterocycles. The van der Waals surface area contributed by atoms with Crippen molar-refractivity contribution in [2.75, 3.05) is 24.6 Å². The number of hydrogen-bond acceptors (Lipinski definition) is 1. The Morgan fingerprint density at radius 1 is 0.727 bits per heavy atom. The molecule has 0 aliphatic carbocycles. The van der Waals surface area contributed by atoms with Crippen molar-refractivity contribution in [2.24, 2.45) is 0 Å². The first-order valence-corrected chi connectivity index (χ1v) is 7.72. The van der Waals surface area contributed by atoms with Crippen molar-refractivity contribution in [3.63, 3.8) is 0 Å². The van der Waals surface area contributed by atoms with Crippen LogP contribution in [0.5, 0.6) is 0 Å². The lowest BCUT2D eigenvalue weighted by Crippen LogP contribution is -1.90. The highest BCUT2D eigenvalue weighted by atomic mass is 31.2. The smallest absolute Gasteiger partial charge is 0.0335 e. The van der Waals surface area contributed by atoms with E-state index in [2.05, 4.69) is 27.7 Å². The summed E-state index contributed by atoms with van der Waals surface area (Å²) in [4.78, 5) is 0. The van der Waals surface area contributed by atoms with E-state index in [1.807, 2.05) is 0 Å². The van der Waals surface area contributed by atoms with Gasteiger partial charge in [0, 0.05) is 16.3 Å². The van der Waals surface area contributed by atoms with E-state index >= 15 is 0 Å². The van der Waals surface area contributed by atoms with Gasteiger partial charge in [0.2, 0.25) is 0 Å². The van der Waals surface area contributed by atoms with Crippen molar-refractivity contribution >= 4 is 16.3 Å². The summed E-state index contributed by atoms with van der Waals surface area (Å²) < 4.78 is 5.98. The van der Waals surface area contributed by atoms with Crippen molar-refractivity contribution in [1.82, 2.24) is 0 Å². The van der Waals surface area contributed by atoms with Gasteiger partial charge in [-0.2, -0.15) is 0 Å². The molecule has 0 aromatic carbocycles. The van der Waals surface area contributed by atoms with Crippen molar-refractivity contribution < 1.29 is 4.31 Å². The van der Waals surface area contributed by atoms with E-state index in [9.17, 15) is 0 Å². The van der Waals surface area contributed by atoms with Crippen LogP contribution in [0.1, 0.15) is 27.7 Å². The van der Waals surface area contributed by atoms with Crippen LogP contribution in [0.25, 0.3) is 0 Å². The third-order valence-corrected chi connectivity index (χ3v) is 6.31. The van der Waals surface area contributed by atoms with Gasteiger partial charge in [-0.15, -0.1) is 0 Å². The fraction of sp³-hybridized carbons (Fsp3) is 1.00. The molecule has 0 spiro atoms. The summed E-state index contributed by atoms with van der Waals surface area (Å²) in [5.41, 5.74) is 0. The van der Waals surface area contributed by atoms with Gasteiger partial charge in [-0.25, -0.2) is 0 Å². The Bertz CT molecular complexity index is 70.2. The fourth-order valence-electron chi connectivity index (χ4n) is 0.841. The molecule has 0 saturated carbocycles. The Morgan fingerprint density at radius 3 is 1.18 bits per heavy atom. The molecule has 0 bridgehead atoms. The third kappa shape index (κ3) is 5.12. The lowest BCUT2D eigenvalue weighted by molar-refractivity contribution is 0.680. The van der Waals surface area contributed by atoms with Gasteiger partial charge >= 0.3 is 0 Å². The molecule has 0 aliphatic heterocycles. The van der Waals surface area contributed by atoms with Crippen LogP contribution in [-0.4, -0.2) is 24.6 Å². The summed E-state index contributed by atoms with van der Waals surface area (Å²) in [7, 11) is -0.157. The lowest BCUT2D eigenvalue weighted by atomic mass is 11.0. The maximum Gasteiger partial charge on any atom is 0.0335 e. The fourth-order valence-corrected chi connectivity index (χ4v) is 4.89. The predicted molar refractivity (Wildman–Crippen MR) is 57.1 cm³/mol. The van der Waals surface area contributed by atoms with Crippen LogP contribution in [-0.2, 0) is 4.31 Å². The quantitative estimate of drug-likeness (QED) is 0.583. The molecular formula is C8H20OP2. The van der Waals surface area contributed by atoms with Gasteiger partial charge in [-0.05, 0) is 24.6 Å². The molecule has 0 unspecified atom stereocenters. The Morgan fingerprint density at radius 2 is 1.00 bits per heavy atom.